The molecule has 1 aromatic carbocycles. The third-order valence-electron chi connectivity index (χ3n) is 3.86. The molecular weight excluding hydrogens is 324 g/mol. The Hall–Kier alpha value is -1.92. The summed E-state index contributed by atoms with van der Waals surface area (Å²) >= 11 is 1.61. The van der Waals surface area contributed by atoms with E-state index in [2.05, 4.69) is 4.98 Å². The monoisotopic (exact) mass is 346 g/mol. The lowest BCUT2D eigenvalue weighted by Gasteiger charge is -2.35. The summed E-state index contributed by atoms with van der Waals surface area (Å²) in [5.41, 5.74) is 1.60. The molecule has 2 heterocycles. The molecule has 0 radical (unpaired) electrons. The summed E-state index contributed by atoms with van der Waals surface area (Å²) in [6.07, 6.45) is 0.142. The van der Waals surface area contributed by atoms with E-state index in [1.54, 1.807) is 11.3 Å². The minimum absolute atomic E-state index is 0.0404. The quantitative estimate of drug-likeness (QED) is 0.852. The van der Waals surface area contributed by atoms with Gasteiger partial charge in [-0.1, -0.05) is 0 Å². The molecule has 6 heteroatoms. The highest BCUT2D eigenvalue weighted by atomic mass is 32.1. The van der Waals surface area contributed by atoms with Crippen LogP contribution in [0.2, 0.25) is 0 Å². The Morgan fingerprint density at radius 2 is 1.96 bits per heavy atom. The zero-order valence-corrected chi connectivity index (χ0v) is 15.0. The van der Waals surface area contributed by atoms with Gasteiger partial charge in [-0.25, -0.2) is 4.98 Å². The molecule has 2 aromatic rings. The van der Waals surface area contributed by atoms with Gasteiger partial charge in [0, 0.05) is 24.0 Å². The van der Waals surface area contributed by atoms with E-state index in [1.807, 2.05) is 55.3 Å². The first-order valence-electron chi connectivity index (χ1n) is 8.10. The van der Waals surface area contributed by atoms with Gasteiger partial charge in [0.2, 0.25) is 0 Å². The zero-order valence-electron chi connectivity index (χ0n) is 14.2. The molecule has 5 nitrogen and oxygen atoms in total. The van der Waals surface area contributed by atoms with Gasteiger partial charge in [-0.2, -0.15) is 0 Å². The molecule has 1 saturated heterocycles. The lowest BCUT2D eigenvalue weighted by Crippen LogP contribution is -2.48. The van der Waals surface area contributed by atoms with Gasteiger partial charge in [-0.3, -0.25) is 4.79 Å². The maximum atomic E-state index is 12.6. The third kappa shape index (κ3) is 4.13. The number of rotatable bonds is 4. The summed E-state index contributed by atoms with van der Waals surface area (Å²) in [4.78, 5) is 18.8. The number of nitrogens with zero attached hydrogens (tertiary/aromatic N) is 2. The first kappa shape index (κ1) is 16.9. The highest BCUT2D eigenvalue weighted by Crippen LogP contribution is 2.18. The smallest absolute Gasteiger partial charge is 0.254 e. The molecule has 0 N–H and O–H groups in total. The molecule has 1 fully saturated rings. The number of benzene rings is 1. The van der Waals surface area contributed by atoms with E-state index in [9.17, 15) is 4.79 Å². The van der Waals surface area contributed by atoms with E-state index in [-0.39, 0.29) is 18.1 Å². The molecular formula is C18H22N2O3S. The SMILES string of the molecule is Cc1nc(COc2ccc(C(=O)N3CC(C)OC(C)C3)cc2)cs1. The fourth-order valence-corrected chi connectivity index (χ4v) is 3.45. The number of hydrogen-bond donors (Lipinski definition) is 0. The largest absolute Gasteiger partial charge is 0.487 e. The van der Waals surface area contributed by atoms with Crippen molar-refractivity contribution in [3.63, 3.8) is 0 Å². The van der Waals surface area contributed by atoms with Gasteiger partial charge in [0.25, 0.3) is 5.91 Å². The van der Waals surface area contributed by atoms with Gasteiger partial charge in [0.1, 0.15) is 12.4 Å². The normalized spacial score (nSPS) is 20.9. The van der Waals surface area contributed by atoms with Crippen LogP contribution in [0.25, 0.3) is 0 Å². The van der Waals surface area contributed by atoms with Crippen LogP contribution >= 0.6 is 11.3 Å². The Balaban J connectivity index is 1.60. The maximum Gasteiger partial charge on any atom is 0.254 e. The standard InChI is InChI=1S/C18H22N2O3S/c1-12-8-20(9-13(2)23-12)18(21)15-4-6-17(7-5-15)22-10-16-11-24-14(3)19-16/h4-7,11-13H,8-10H2,1-3H3. The lowest BCUT2D eigenvalue weighted by molar-refractivity contribution is -0.0586. The number of morpholine rings is 1. The highest BCUT2D eigenvalue weighted by molar-refractivity contribution is 7.09. The minimum Gasteiger partial charge on any atom is -0.487 e. The van der Waals surface area contributed by atoms with Gasteiger partial charge >= 0.3 is 0 Å². The van der Waals surface area contributed by atoms with Crippen molar-refractivity contribution in [2.24, 2.45) is 0 Å². The van der Waals surface area contributed by atoms with Gasteiger partial charge in [0.05, 0.1) is 22.9 Å². The number of amides is 1. The van der Waals surface area contributed by atoms with Crippen molar-refractivity contribution < 1.29 is 14.3 Å². The van der Waals surface area contributed by atoms with Crippen LogP contribution in [0.15, 0.2) is 29.6 Å². The van der Waals surface area contributed by atoms with E-state index in [0.29, 0.717) is 25.3 Å². The van der Waals surface area contributed by atoms with E-state index >= 15 is 0 Å². The van der Waals surface area contributed by atoms with Crippen molar-refractivity contribution in [1.82, 2.24) is 9.88 Å². The lowest BCUT2D eigenvalue weighted by atomic mass is 10.1. The van der Waals surface area contributed by atoms with E-state index in [0.717, 1.165) is 16.5 Å². The summed E-state index contributed by atoms with van der Waals surface area (Å²) in [5.74, 6) is 0.777. The van der Waals surface area contributed by atoms with Crippen molar-refractivity contribution >= 4 is 17.2 Å². The Bertz CT molecular complexity index is 689. The van der Waals surface area contributed by atoms with Crippen LogP contribution in [0.3, 0.4) is 0 Å². The summed E-state index contributed by atoms with van der Waals surface area (Å²) in [6, 6.07) is 7.29. The fraction of sp³-hybridized carbons (Fsp3) is 0.444. The van der Waals surface area contributed by atoms with Crippen LogP contribution in [-0.2, 0) is 11.3 Å². The average Bonchev–Trinajstić information content (AvgIpc) is 2.97. The summed E-state index contributed by atoms with van der Waals surface area (Å²) in [5, 5.41) is 3.03. The molecule has 1 aliphatic rings. The second-order valence-electron chi connectivity index (χ2n) is 6.14. The Labute approximate surface area is 146 Å². The Kier molecular flexibility index (Phi) is 5.16. The molecule has 1 amide bonds. The molecule has 0 spiro atoms. The van der Waals surface area contributed by atoms with Gasteiger partial charge in [-0.15, -0.1) is 11.3 Å². The van der Waals surface area contributed by atoms with E-state index in [4.69, 9.17) is 9.47 Å². The molecule has 0 aliphatic carbocycles. The van der Waals surface area contributed by atoms with Crippen LogP contribution in [0.4, 0.5) is 0 Å². The number of carbonyl (C=O) groups is 1. The fourth-order valence-electron chi connectivity index (χ4n) is 2.85. The molecule has 0 bridgehead atoms. The first-order valence-corrected chi connectivity index (χ1v) is 8.98. The molecule has 3 rings (SSSR count). The first-order chi connectivity index (χ1) is 11.5. The van der Waals surface area contributed by atoms with Crippen LogP contribution < -0.4 is 4.74 Å². The number of ether oxygens (including phenoxy) is 2. The molecule has 2 unspecified atom stereocenters. The number of carbonyl (C=O) groups excluding carboxylic acids is 1. The van der Waals surface area contributed by atoms with Crippen LogP contribution in [0.1, 0.15) is 34.9 Å². The van der Waals surface area contributed by atoms with Gasteiger partial charge in [-0.05, 0) is 45.0 Å². The average molecular weight is 346 g/mol. The second-order valence-corrected chi connectivity index (χ2v) is 7.20. The second kappa shape index (κ2) is 7.32. The van der Waals surface area contributed by atoms with E-state index in [1.165, 1.54) is 0 Å². The number of aryl methyl sites for hydroxylation is 1. The number of hydrogen-bond acceptors (Lipinski definition) is 5. The predicted molar refractivity (Wildman–Crippen MR) is 93.5 cm³/mol. The van der Waals surface area contributed by atoms with Crippen molar-refractivity contribution in [2.45, 2.75) is 39.6 Å². The Morgan fingerprint density at radius 3 is 2.54 bits per heavy atom. The van der Waals surface area contributed by atoms with Crippen molar-refractivity contribution in [1.29, 1.82) is 0 Å². The van der Waals surface area contributed by atoms with Crippen molar-refractivity contribution in [2.75, 3.05) is 13.1 Å². The van der Waals surface area contributed by atoms with Gasteiger partial charge in [0.15, 0.2) is 0 Å². The molecule has 2 atom stereocenters. The minimum atomic E-state index is 0.0404. The third-order valence-corrected chi connectivity index (χ3v) is 4.68. The van der Waals surface area contributed by atoms with Crippen LogP contribution in [0.5, 0.6) is 5.75 Å². The molecule has 24 heavy (non-hydrogen) atoms. The summed E-state index contributed by atoms with van der Waals surface area (Å²) in [7, 11) is 0. The summed E-state index contributed by atoms with van der Waals surface area (Å²) in [6.45, 7) is 7.66. The van der Waals surface area contributed by atoms with Crippen LogP contribution in [0, 0.1) is 6.92 Å². The number of thiazole rings is 1. The zero-order chi connectivity index (χ0) is 17.1. The maximum absolute atomic E-state index is 12.6. The molecule has 0 saturated carbocycles. The van der Waals surface area contributed by atoms with Crippen molar-refractivity contribution in [3.05, 3.63) is 45.9 Å². The Morgan fingerprint density at radius 1 is 1.29 bits per heavy atom. The predicted octanol–water partition coefficient (Wildman–Crippen LogP) is 3.28. The molecule has 1 aliphatic heterocycles. The molecule has 1 aromatic heterocycles. The van der Waals surface area contributed by atoms with Gasteiger partial charge < -0.3 is 14.4 Å². The van der Waals surface area contributed by atoms with E-state index < -0.39 is 0 Å². The molecule has 128 valence electrons. The summed E-state index contributed by atoms with van der Waals surface area (Å²) < 4.78 is 11.4. The van der Waals surface area contributed by atoms with Crippen molar-refractivity contribution in [3.8, 4) is 5.75 Å². The topological polar surface area (TPSA) is 51.7 Å². The number of aromatic nitrogens is 1. The van der Waals surface area contributed by atoms with Crippen LogP contribution in [-0.4, -0.2) is 41.1 Å². The highest BCUT2D eigenvalue weighted by Gasteiger charge is 2.26.